The Labute approximate surface area is 101 Å². The Morgan fingerprint density at radius 2 is 2.29 bits per heavy atom. The smallest absolute Gasteiger partial charge is 0.316 e. The molecule has 1 aromatic carbocycles. The van der Waals surface area contributed by atoms with Crippen molar-refractivity contribution in [1.29, 1.82) is 5.26 Å². The average Bonchev–Trinajstić information content (AvgIpc) is 2.27. The lowest BCUT2D eigenvalue weighted by molar-refractivity contribution is -0.133. The van der Waals surface area contributed by atoms with Gasteiger partial charge in [-0.25, -0.2) is 0 Å². The SMILES string of the molecule is COc1ccc(C#N)cc1CS(=O)CC(=O)O. The third-order valence-electron chi connectivity index (χ3n) is 2.01. The molecule has 0 amide bonds. The Hall–Kier alpha value is -1.87. The Morgan fingerprint density at radius 1 is 1.59 bits per heavy atom. The molecule has 0 aliphatic rings. The minimum atomic E-state index is -1.51. The molecule has 0 aliphatic carbocycles. The second-order valence-electron chi connectivity index (χ2n) is 3.26. The van der Waals surface area contributed by atoms with Crippen LogP contribution in [0.15, 0.2) is 18.2 Å². The summed E-state index contributed by atoms with van der Waals surface area (Å²) in [6, 6.07) is 6.70. The Morgan fingerprint density at radius 3 is 2.82 bits per heavy atom. The minimum Gasteiger partial charge on any atom is -0.496 e. The molecule has 17 heavy (non-hydrogen) atoms. The van der Waals surface area contributed by atoms with Crippen molar-refractivity contribution in [3.05, 3.63) is 29.3 Å². The molecule has 0 aliphatic heterocycles. The number of carboxylic acid groups (broad SMARTS) is 1. The summed E-state index contributed by atoms with van der Waals surface area (Å²) in [4.78, 5) is 10.4. The van der Waals surface area contributed by atoms with E-state index in [4.69, 9.17) is 15.1 Å². The normalized spacial score (nSPS) is 11.5. The van der Waals surface area contributed by atoms with E-state index in [1.54, 1.807) is 18.2 Å². The lowest BCUT2D eigenvalue weighted by Gasteiger charge is -2.07. The first-order valence-electron chi connectivity index (χ1n) is 4.70. The highest BCUT2D eigenvalue weighted by molar-refractivity contribution is 7.84. The number of rotatable bonds is 5. The van der Waals surface area contributed by atoms with Crippen molar-refractivity contribution < 1.29 is 18.8 Å². The van der Waals surface area contributed by atoms with Crippen LogP contribution in [0, 0.1) is 11.3 Å². The van der Waals surface area contributed by atoms with E-state index in [-0.39, 0.29) is 5.75 Å². The van der Waals surface area contributed by atoms with Gasteiger partial charge in [0.05, 0.1) is 24.5 Å². The lowest BCUT2D eigenvalue weighted by Crippen LogP contribution is -2.11. The largest absolute Gasteiger partial charge is 0.496 e. The van der Waals surface area contributed by atoms with Crippen molar-refractivity contribution in [3.8, 4) is 11.8 Å². The molecule has 0 radical (unpaired) electrons. The average molecular weight is 253 g/mol. The number of aliphatic carboxylic acids is 1. The number of benzene rings is 1. The van der Waals surface area contributed by atoms with Gasteiger partial charge in [0.1, 0.15) is 11.5 Å². The molecule has 6 heteroatoms. The Bertz CT molecular complexity index is 493. The molecule has 90 valence electrons. The fourth-order valence-electron chi connectivity index (χ4n) is 1.32. The van der Waals surface area contributed by atoms with Crippen LogP contribution in [-0.4, -0.2) is 28.1 Å². The quantitative estimate of drug-likeness (QED) is 0.842. The molecule has 1 atom stereocenters. The third-order valence-corrected chi connectivity index (χ3v) is 3.21. The summed E-state index contributed by atoms with van der Waals surface area (Å²) >= 11 is 0. The van der Waals surface area contributed by atoms with Crippen LogP contribution in [0.2, 0.25) is 0 Å². The first kappa shape index (κ1) is 13.2. The molecule has 5 nitrogen and oxygen atoms in total. The molecular weight excluding hydrogens is 242 g/mol. The van der Waals surface area contributed by atoms with Gasteiger partial charge in [0.2, 0.25) is 0 Å². The van der Waals surface area contributed by atoms with E-state index in [0.29, 0.717) is 16.9 Å². The molecular formula is C11H11NO4S. The van der Waals surface area contributed by atoms with Crippen LogP contribution in [-0.2, 0) is 21.3 Å². The molecule has 0 bridgehead atoms. The number of carboxylic acids is 1. The molecule has 1 N–H and O–H groups in total. The van der Waals surface area contributed by atoms with Crippen molar-refractivity contribution >= 4 is 16.8 Å². The standard InChI is InChI=1S/C11H11NO4S/c1-16-10-3-2-8(5-12)4-9(10)6-17(15)7-11(13)14/h2-4H,6-7H2,1H3,(H,13,14). The van der Waals surface area contributed by atoms with E-state index in [1.807, 2.05) is 6.07 Å². The van der Waals surface area contributed by atoms with Crippen molar-refractivity contribution in [2.75, 3.05) is 12.9 Å². The van der Waals surface area contributed by atoms with Gasteiger partial charge in [0.15, 0.2) is 0 Å². The molecule has 0 heterocycles. The van der Waals surface area contributed by atoms with Crippen molar-refractivity contribution in [3.63, 3.8) is 0 Å². The van der Waals surface area contributed by atoms with Gasteiger partial charge in [0.25, 0.3) is 0 Å². The molecule has 1 aromatic rings. The summed E-state index contributed by atoms with van der Waals surface area (Å²) in [6.07, 6.45) is 0. The third kappa shape index (κ3) is 3.89. The van der Waals surface area contributed by atoms with Crippen LogP contribution in [0.5, 0.6) is 5.75 Å². The maximum Gasteiger partial charge on any atom is 0.316 e. The van der Waals surface area contributed by atoms with Crippen LogP contribution >= 0.6 is 0 Å². The van der Waals surface area contributed by atoms with Crippen LogP contribution < -0.4 is 4.74 Å². The molecule has 0 fully saturated rings. The first-order chi connectivity index (χ1) is 8.06. The van der Waals surface area contributed by atoms with Crippen LogP contribution in [0.4, 0.5) is 0 Å². The van der Waals surface area contributed by atoms with E-state index in [1.165, 1.54) is 7.11 Å². The van der Waals surface area contributed by atoms with E-state index >= 15 is 0 Å². The number of carbonyl (C=O) groups is 1. The highest BCUT2D eigenvalue weighted by Crippen LogP contribution is 2.21. The summed E-state index contributed by atoms with van der Waals surface area (Å²) in [5.41, 5.74) is 0.999. The van der Waals surface area contributed by atoms with E-state index in [2.05, 4.69) is 0 Å². The molecule has 1 rings (SSSR count). The number of hydrogen-bond donors (Lipinski definition) is 1. The molecule has 0 saturated heterocycles. The predicted octanol–water partition coefficient (Wildman–Crippen LogP) is 0.900. The van der Waals surface area contributed by atoms with Gasteiger partial charge in [-0.1, -0.05) is 0 Å². The molecule has 0 spiro atoms. The van der Waals surface area contributed by atoms with Crippen LogP contribution in [0.1, 0.15) is 11.1 Å². The zero-order chi connectivity index (χ0) is 12.8. The summed E-state index contributed by atoms with van der Waals surface area (Å²) in [7, 11) is -0.0489. The van der Waals surface area contributed by atoms with Gasteiger partial charge >= 0.3 is 5.97 Å². The summed E-state index contributed by atoms with van der Waals surface area (Å²) in [6.45, 7) is 0. The number of methoxy groups -OCH3 is 1. The minimum absolute atomic E-state index is 0.0605. The monoisotopic (exact) mass is 253 g/mol. The summed E-state index contributed by atoms with van der Waals surface area (Å²) in [5.74, 6) is -0.966. The fourth-order valence-corrected chi connectivity index (χ4v) is 2.27. The van der Waals surface area contributed by atoms with Gasteiger partial charge in [0, 0.05) is 16.4 Å². The van der Waals surface area contributed by atoms with Crippen molar-refractivity contribution in [2.45, 2.75) is 5.75 Å². The Balaban J connectivity index is 2.92. The number of ether oxygens (including phenoxy) is 1. The van der Waals surface area contributed by atoms with Crippen molar-refractivity contribution in [1.82, 2.24) is 0 Å². The highest BCUT2D eigenvalue weighted by atomic mass is 32.2. The first-order valence-corrected chi connectivity index (χ1v) is 6.19. The van der Waals surface area contributed by atoms with E-state index in [0.717, 1.165) is 0 Å². The zero-order valence-electron chi connectivity index (χ0n) is 9.17. The highest BCUT2D eigenvalue weighted by Gasteiger charge is 2.11. The van der Waals surface area contributed by atoms with Gasteiger partial charge in [-0.2, -0.15) is 5.26 Å². The topological polar surface area (TPSA) is 87.4 Å². The van der Waals surface area contributed by atoms with Crippen LogP contribution in [0.3, 0.4) is 0 Å². The number of nitriles is 1. The molecule has 1 unspecified atom stereocenters. The fraction of sp³-hybridized carbons (Fsp3) is 0.273. The zero-order valence-corrected chi connectivity index (χ0v) is 9.99. The second kappa shape index (κ2) is 6.01. The van der Waals surface area contributed by atoms with Crippen molar-refractivity contribution in [2.24, 2.45) is 0 Å². The maximum atomic E-state index is 11.5. The maximum absolute atomic E-state index is 11.5. The Kier molecular flexibility index (Phi) is 4.67. The van der Waals surface area contributed by atoms with E-state index in [9.17, 15) is 9.00 Å². The second-order valence-corrected chi connectivity index (χ2v) is 4.72. The molecule has 0 saturated carbocycles. The van der Waals surface area contributed by atoms with Crippen LogP contribution in [0.25, 0.3) is 0 Å². The van der Waals surface area contributed by atoms with Gasteiger partial charge in [-0.15, -0.1) is 0 Å². The summed E-state index contributed by atoms with van der Waals surface area (Å²) < 4.78 is 16.5. The predicted molar refractivity (Wildman–Crippen MR) is 62.1 cm³/mol. The number of hydrogen-bond acceptors (Lipinski definition) is 4. The number of nitrogens with zero attached hydrogens (tertiary/aromatic N) is 1. The lowest BCUT2D eigenvalue weighted by atomic mass is 10.1. The van der Waals surface area contributed by atoms with E-state index < -0.39 is 22.5 Å². The molecule has 0 aromatic heterocycles. The van der Waals surface area contributed by atoms with Gasteiger partial charge < -0.3 is 9.84 Å². The summed E-state index contributed by atoms with van der Waals surface area (Å²) in [5, 5.41) is 17.3. The van der Waals surface area contributed by atoms with Gasteiger partial charge in [-0.3, -0.25) is 9.00 Å². The van der Waals surface area contributed by atoms with Gasteiger partial charge in [-0.05, 0) is 18.2 Å².